The molecule has 0 atom stereocenters. The third-order valence-corrected chi connectivity index (χ3v) is 9.10. The van der Waals surface area contributed by atoms with Gasteiger partial charge in [-0.25, -0.2) is 17.6 Å². The molecule has 0 saturated heterocycles. The summed E-state index contributed by atoms with van der Waals surface area (Å²) >= 11 is 0. The molecule has 1 heterocycles. The Labute approximate surface area is 267 Å². The SMILES string of the molecule is CNC(=O)c1c(-c2ccc(F)cc2)oc2cc(N(CCOCCOCc3ccc(C(=O)OC)cc3C)S(C)(=O)=O)c(C3CC3)cc12. The Bertz CT molecular complexity index is 1850. The normalized spacial score (nSPS) is 13.2. The molecule has 4 aromatic rings. The highest BCUT2D eigenvalue weighted by Gasteiger charge is 2.33. The van der Waals surface area contributed by atoms with E-state index in [2.05, 4.69) is 5.32 Å². The fraction of sp³-hybridized carbons (Fsp3) is 0.353. The highest BCUT2D eigenvalue weighted by atomic mass is 32.2. The molecule has 1 N–H and O–H groups in total. The summed E-state index contributed by atoms with van der Waals surface area (Å²) in [5, 5.41) is 3.21. The predicted molar refractivity (Wildman–Crippen MR) is 172 cm³/mol. The molecule has 0 spiro atoms. The van der Waals surface area contributed by atoms with Crippen LogP contribution in [0.25, 0.3) is 22.3 Å². The molecule has 0 unspecified atom stereocenters. The van der Waals surface area contributed by atoms with Crippen molar-refractivity contribution in [3.8, 4) is 11.3 Å². The van der Waals surface area contributed by atoms with E-state index in [4.69, 9.17) is 18.6 Å². The number of sulfonamides is 1. The summed E-state index contributed by atoms with van der Waals surface area (Å²) in [7, 11) is -0.861. The first kappa shape index (κ1) is 33.1. The number of methoxy groups -OCH3 is 1. The van der Waals surface area contributed by atoms with Gasteiger partial charge in [0.15, 0.2) is 0 Å². The molecule has 10 nitrogen and oxygen atoms in total. The van der Waals surface area contributed by atoms with Gasteiger partial charge in [0.25, 0.3) is 5.91 Å². The topological polar surface area (TPSA) is 124 Å². The van der Waals surface area contributed by atoms with E-state index in [0.717, 1.165) is 35.8 Å². The summed E-state index contributed by atoms with van der Waals surface area (Å²) < 4.78 is 63.5. The van der Waals surface area contributed by atoms with E-state index in [9.17, 15) is 22.4 Å². The van der Waals surface area contributed by atoms with Gasteiger partial charge < -0.3 is 23.9 Å². The van der Waals surface area contributed by atoms with Gasteiger partial charge in [0.2, 0.25) is 10.0 Å². The number of carbonyl (C=O) groups is 2. The highest BCUT2D eigenvalue weighted by Crippen LogP contribution is 2.48. The molecule has 0 radical (unpaired) electrons. The zero-order valence-corrected chi connectivity index (χ0v) is 27.0. The lowest BCUT2D eigenvalue weighted by atomic mass is 10.0. The van der Waals surface area contributed by atoms with E-state index >= 15 is 0 Å². The van der Waals surface area contributed by atoms with Gasteiger partial charge in [0, 0.05) is 24.1 Å². The van der Waals surface area contributed by atoms with Gasteiger partial charge in [-0.3, -0.25) is 9.10 Å². The number of nitrogens with zero attached hydrogens (tertiary/aromatic N) is 1. The quantitative estimate of drug-likeness (QED) is 0.139. The van der Waals surface area contributed by atoms with Crippen molar-refractivity contribution < 1.29 is 41.0 Å². The summed E-state index contributed by atoms with van der Waals surface area (Å²) in [6, 6.07) is 14.4. The van der Waals surface area contributed by atoms with Crippen molar-refractivity contribution in [3.05, 3.63) is 88.2 Å². The number of carbonyl (C=O) groups excluding carboxylic acids is 2. The Morgan fingerprint density at radius 2 is 1.74 bits per heavy atom. The maximum absolute atomic E-state index is 13.7. The maximum Gasteiger partial charge on any atom is 0.337 e. The lowest BCUT2D eigenvalue weighted by molar-refractivity contribution is 0.0433. The largest absolute Gasteiger partial charge is 0.465 e. The summed E-state index contributed by atoms with van der Waals surface area (Å²) in [6.07, 6.45) is 2.94. The number of furan rings is 1. The third kappa shape index (κ3) is 7.41. The first-order valence-corrected chi connectivity index (χ1v) is 16.8. The molecule has 1 amide bonds. The molecule has 1 fully saturated rings. The van der Waals surface area contributed by atoms with Gasteiger partial charge in [-0.1, -0.05) is 6.07 Å². The highest BCUT2D eigenvalue weighted by molar-refractivity contribution is 7.92. The number of aryl methyl sites for hydroxylation is 1. The smallest absolute Gasteiger partial charge is 0.337 e. The molecular weight excluding hydrogens is 615 g/mol. The van der Waals surface area contributed by atoms with E-state index in [1.165, 1.54) is 42.7 Å². The molecule has 0 bridgehead atoms. The number of hydrogen-bond donors (Lipinski definition) is 1. The predicted octanol–water partition coefficient (Wildman–Crippen LogP) is 5.57. The molecule has 5 rings (SSSR count). The second-order valence-corrected chi connectivity index (χ2v) is 13.1. The van der Waals surface area contributed by atoms with Crippen LogP contribution in [0.2, 0.25) is 0 Å². The Morgan fingerprint density at radius 1 is 1.02 bits per heavy atom. The summed E-state index contributed by atoms with van der Waals surface area (Å²) in [5.74, 6) is -0.763. The van der Waals surface area contributed by atoms with Crippen LogP contribution in [0.4, 0.5) is 10.1 Å². The van der Waals surface area contributed by atoms with Crippen molar-refractivity contribution in [1.82, 2.24) is 5.32 Å². The number of nitrogens with one attached hydrogen (secondary N) is 1. The lowest BCUT2D eigenvalue weighted by Gasteiger charge is -2.25. The molecule has 12 heteroatoms. The average molecular weight is 653 g/mol. The van der Waals surface area contributed by atoms with Crippen LogP contribution in [0, 0.1) is 12.7 Å². The fourth-order valence-electron chi connectivity index (χ4n) is 5.36. The van der Waals surface area contributed by atoms with E-state index in [-0.39, 0.29) is 44.0 Å². The number of esters is 1. The minimum absolute atomic E-state index is 0.0615. The van der Waals surface area contributed by atoms with Crippen LogP contribution in [0.1, 0.15) is 56.2 Å². The standard InChI is InChI=1S/C34H37FN2O8S/c1-21-17-24(34(39)42-3)7-8-25(21)20-44-16-15-43-14-13-37(46(4,40)41)29-19-30-28(18-27(29)22-5-6-22)31(33(38)36-2)32(45-30)23-9-11-26(35)12-10-23/h7-12,17-19,22H,5-6,13-16,20H2,1-4H3,(H,36,38). The third-order valence-electron chi connectivity index (χ3n) is 7.92. The van der Waals surface area contributed by atoms with E-state index in [1.807, 2.05) is 19.1 Å². The van der Waals surface area contributed by atoms with Crippen LogP contribution < -0.4 is 9.62 Å². The van der Waals surface area contributed by atoms with Gasteiger partial charge >= 0.3 is 5.97 Å². The molecule has 0 aliphatic heterocycles. The number of hydrogen-bond acceptors (Lipinski definition) is 8. The molecular formula is C34H37FN2O8S. The second-order valence-electron chi connectivity index (χ2n) is 11.2. The van der Waals surface area contributed by atoms with Crippen LogP contribution in [-0.2, 0) is 30.8 Å². The second kappa shape index (κ2) is 14.0. The van der Waals surface area contributed by atoms with E-state index in [0.29, 0.717) is 40.0 Å². The number of rotatable bonds is 14. The molecule has 1 aromatic heterocycles. The molecule has 46 heavy (non-hydrogen) atoms. The van der Waals surface area contributed by atoms with Crippen molar-refractivity contribution in [2.75, 3.05) is 51.1 Å². The van der Waals surface area contributed by atoms with Gasteiger partial charge in [0.1, 0.15) is 17.2 Å². The van der Waals surface area contributed by atoms with Crippen molar-refractivity contribution in [2.24, 2.45) is 0 Å². The minimum Gasteiger partial charge on any atom is -0.465 e. The Kier molecular flexibility index (Phi) is 10.1. The van der Waals surface area contributed by atoms with Crippen LogP contribution in [0.5, 0.6) is 0 Å². The van der Waals surface area contributed by atoms with Gasteiger partial charge in [-0.15, -0.1) is 0 Å². The van der Waals surface area contributed by atoms with Crippen LogP contribution >= 0.6 is 0 Å². The zero-order valence-electron chi connectivity index (χ0n) is 26.2. The maximum atomic E-state index is 13.7. The first-order chi connectivity index (χ1) is 22.0. The minimum atomic E-state index is -3.72. The van der Waals surface area contributed by atoms with Crippen molar-refractivity contribution in [3.63, 3.8) is 0 Å². The number of anilines is 1. The lowest BCUT2D eigenvalue weighted by Crippen LogP contribution is -2.34. The number of fused-ring (bicyclic) bond motifs is 1. The summed E-state index contributed by atoms with van der Waals surface area (Å²) in [6.45, 7) is 2.94. The van der Waals surface area contributed by atoms with Crippen LogP contribution in [0.15, 0.2) is 59.0 Å². The fourth-order valence-corrected chi connectivity index (χ4v) is 6.28. The molecule has 1 aliphatic carbocycles. The summed E-state index contributed by atoms with van der Waals surface area (Å²) in [5.41, 5.74) is 4.77. The van der Waals surface area contributed by atoms with Gasteiger partial charge in [0.05, 0.1) is 63.2 Å². The monoisotopic (exact) mass is 652 g/mol. The van der Waals surface area contributed by atoms with Crippen molar-refractivity contribution in [1.29, 1.82) is 0 Å². The van der Waals surface area contributed by atoms with E-state index in [1.54, 1.807) is 18.2 Å². The average Bonchev–Trinajstić information content (AvgIpc) is 3.81. The molecule has 1 saturated carbocycles. The Hall–Kier alpha value is -4.26. The molecule has 244 valence electrons. The van der Waals surface area contributed by atoms with Crippen LogP contribution in [-0.4, -0.2) is 67.1 Å². The number of halogens is 1. The zero-order chi connectivity index (χ0) is 33.0. The summed E-state index contributed by atoms with van der Waals surface area (Å²) in [4.78, 5) is 24.7. The molecule has 3 aromatic carbocycles. The van der Waals surface area contributed by atoms with Crippen LogP contribution in [0.3, 0.4) is 0 Å². The molecule has 1 aliphatic rings. The van der Waals surface area contributed by atoms with Crippen molar-refractivity contribution >= 4 is 38.6 Å². The number of amides is 1. The Morgan fingerprint density at radius 3 is 2.37 bits per heavy atom. The Balaban J connectivity index is 1.31. The first-order valence-electron chi connectivity index (χ1n) is 14.9. The van der Waals surface area contributed by atoms with E-state index < -0.39 is 21.8 Å². The van der Waals surface area contributed by atoms with Gasteiger partial charge in [-0.05, 0) is 84.8 Å². The van der Waals surface area contributed by atoms with Gasteiger partial charge in [-0.2, -0.15) is 0 Å². The number of ether oxygens (including phenoxy) is 3. The van der Waals surface area contributed by atoms with Crippen molar-refractivity contribution in [2.45, 2.75) is 32.3 Å². The number of benzene rings is 3.